The molecule has 182 valence electrons. The molecule has 1 unspecified atom stereocenters. The summed E-state index contributed by atoms with van der Waals surface area (Å²) in [6.45, 7) is 3.19. The normalized spacial score (nSPS) is 17.5. The molecule has 3 heterocycles. The van der Waals surface area contributed by atoms with Crippen molar-refractivity contribution in [3.8, 4) is 0 Å². The van der Waals surface area contributed by atoms with Crippen LogP contribution in [-0.4, -0.2) is 62.8 Å². The molecule has 1 saturated heterocycles. The quantitative estimate of drug-likeness (QED) is 0.576. The molecule has 3 aromatic rings. The molecule has 0 radical (unpaired) electrons. The van der Waals surface area contributed by atoms with Gasteiger partial charge in [0.25, 0.3) is 5.91 Å². The van der Waals surface area contributed by atoms with Crippen LogP contribution in [0.5, 0.6) is 0 Å². The maximum absolute atomic E-state index is 13.1. The van der Waals surface area contributed by atoms with Crippen molar-refractivity contribution in [2.75, 3.05) is 42.3 Å². The first-order valence-electron chi connectivity index (χ1n) is 11.5. The largest absolute Gasteiger partial charge is 0.393 e. The zero-order valence-corrected chi connectivity index (χ0v) is 20.7. The van der Waals surface area contributed by atoms with Gasteiger partial charge in [0.15, 0.2) is 5.82 Å². The van der Waals surface area contributed by atoms with Crippen LogP contribution in [0.15, 0.2) is 53.6 Å². The Morgan fingerprint density at radius 2 is 1.74 bits per heavy atom. The number of rotatable bonds is 4. The Kier molecular flexibility index (Phi) is 6.26. The summed E-state index contributed by atoms with van der Waals surface area (Å²) in [4.78, 5) is 26.4. The standard InChI is InChI=1S/C25H28N6O3S/c1-16-4-9-21-20(14-16)24(33)30(3)22-15-26-25(28-23(22)29(21)2)27-17-5-7-19(8-6-17)35(34)31-12-10-18(32)11-13-31/h4-9,14-15,18,32H,10-13H2,1-3H3,(H,26,27,28). The highest BCUT2D eigenvalue weighted by atomic mass is 32.2. The van der Waals surface area contributed by atoms with Gasteiger partial charge < -0.3 is 20.2 Å². The van der Waals surface area contributed by atoms with Crippen LogP contribution in [0.3, 0.4) is 0 Å². The van der Waals surface area contributed by atoms with E-state index in [0.29, 0.717) is 53.8 Å². The SMILES string of the molecule is Cc1ccc2c(c1)C(=O)N(C)c1cnc(Nc3ccc(S(=O)N4CCC(O)CC4)cc3)nc1N2C. The van der Waals surface area contributed by atoms with E-state index in [1.54, 1.807) is 18.1 Å². The molecular formula is C25H28N6O3S. The lowest BCUT2D eigenvalue weighted by Crippen LogP contribution is -2.36. The molecule has 0 bridgehead atoms. The molecule has 10 heteroatoms. The molecular weight excluding hydrogens is 464 g/mol. The number of carbonyl (C=O) groups is 1. The zero-order valence-electron chi connectivity index (χ0n) is 19.9. The van der Waals surface area contributed by atoms with Gasteiger partial charge in [0.1, 0.15) is 16.7 Å². The van der Waals surface area contributed by atoms with E-state index in [4.69, 9.17) is 4.98 Å². The van der Waals surface area contributed by atoms with Gasteiger partial charge in [-0.15, -0.1) is 0 Å². The summed E-state index contributed by atoms with van der Waals surface area (Å²) in [5.74, 6) is 0.905. The Balaban J connectivity index is 1.37. The number of aryl methyl sites for hydroxylation is 1. The van der Waals surface area contributed by atoms with Gasteiger partial charge in [-0.25, -0.2) is 13.5 Å². The second kappa shape index (κ2) is 9.37. The Labute approximate surface area is 207 Å². The summed E-state index contributed by atoms with van der Waals surface area (Å²) in [6, 6.07) is 13.1. The number of nitrogens with zero attached hydrogens (tertiary/aromatic N) is 5. The fraction of sp³-hybridized carbons (Fsp3) is 0.320. The van der Waals surface area contributed by atoms with Crippen molar-refractivity contribution < 1.29 is 14.1 Å². The number of piperidine rings is 1. The van der Waals surface area contributed by atoms with Gasteiger partial charge in [0.2, 0.25) is 5.95 Å². The van der Waals surface area contributed by atoms with Crippen LogP contribution in [0, 0.1) is 6.92 Å². The van der Waals surface area contributed by atoms with E-state index < -0.39 is 11.0 Å². The van der Waals surface area contributed by atoms with Crippen molar-refractivity contribution in [2.24, 2.45) is 0 Å². The van der Waals surface area contributed by atoms with Gasteiger partial charge in [0, 0.05) is 32.9 Å². The van der Waals surface area contributed by atoms with Crippen LogP contribution in [0.1, 0.15) is 28.8 Å². The summed E-state index contributed by atoms with van der Waals surface area (Å²) in [5, 5.41) is 12.9. The first-order valence-corrected chi connectivity index (χ1v) is 12.6. The molecule has 1 fully saturated rings. The molecule has 1 aromatic heterocycles. The van der Waals surface area contributed by atoms with E-state index in [1.807, 2.05) is 65.6 Å². The van der Waals surface area contributed by atoms with E-state index in [0.717, 1.165) is 16.9 Å². The number of hydrogen-bond acceptors (Lipinski definition) is 7. The number of fused-ring (bicyclic) bond motifs is 2. The molecule has 2 aromatic carbocycles. The van der Waals surface area contributed by atoms with Crippen LogP contribution in [0.2, 0.25) is 0 Å². The van der Waals surface area contributed by atoms with Crippen molar-refractivity contribution in [2.45, 2.75) is 30.8 Å². The maximum atomic E-state index is 13.1. The molecule has 0 aliphatic carbocycles. The molecule has 35 heavy (non-hydrogen) atoms. The second-order valence-corrected chi connectivity index (χ2v) is 10.4. The van der Waals surface area contributed by atoms with Gasteiger partial charge in [-0.3, -0.25) is 4.79 Å². The first kappa shape index (κ1) is 23.4. The maximum Gasteiger partial charge on any atom is 0.260 e. The molecule has 2 aliphatic heterocycles. The first-order chi connectivity index (χ1) is 16.8. The van der Waals surface area contributed by atoms with Crippen LogP contribution >= 0.6 is 0 Å². The molecule has 1 atom stereocenters. The number of aromatic nitrogens is 2. The van der Waals surface area contributed by atoms with Gasteiger partial charge in [-0.05, 0) is 56.2 Å². The molecule has 0 spiro atoms. The summed E-state index contributed by atoms with van der Waals surface area (Å²) in [7, 11) is 2.36. The summed E-state index contributed by atoms with van der Waals surface area (Å²) >= 11 is 0. The van der Waals surface area contributed by atoms with E-state index in [9.17, 15) is 14.1 Å². The summed E-state index contributed by atoms with van der Waals surface area (Å²) < 4.78 is 14.7. The Morgan fingerprint density at radius 3 is 2.46 bits per heavy atom. The molecule has 9 nitrogen and oxygen atoms in total. The lowest BCUT2D eigenvalue weighted by atomic mass is 10.1. The monoisotopic (exact) mass is 492 g/mol. The number of aliphatic hydroxyl groups is 1. The molecule has 2 aliphatic rings. The third-order valence-electron chi connectivity index (χ3n) is 6.45. The van der Waals surface area contributed by atoms with Gasteiger partial charge >= 0.3 is 0 Å². The number of anilines is 5. The molecule has 1 amide bonds. The second-order valence-electron chi connectivity index (χ2n) is 8.90. The van der Waals surface area contributed by atoms with E-state index in [1.165, 1.54) is 0 Å². The summed E-state index contributed by atoms with van der Waals surface area (Å²) in [6.07, 6.45) is 2.62. The minimum Gasteiger partial charge on any atom is -0.393 e. The third kappa shape index (κ3) is 4.52. The predicted molar refractivity (Wildman–Crippen MR) is 137 cm³/mol. The number of amides is 1. The van der Waals surface area contributed by atoms with Crippen LogP contribution in [0.25, 0.3) is 0 Å². The van der Waals surface area contributed by atoms with E-state index in [2.05, 4.69) is 10.3 Å². The van der Waals surface area contributed by atoms with Crippen molar-refractivity contribution >= 4 is 45.7 Å². The van der Waals surface area contributed by atoms with Gasteiger partial charge in [0.05, 0.1) is 28.4 Å². The average molecular weight is 493 g/mol. The highest BCUT2D eigenvalue weighted by molar-refractivity contribution is 7.82. The van der Waals surface area contributed by atoms with Crippen LogP contribution < -0.4 is 15.1 Å². The fourth-order valence-corrected chi connectivity index (χ4v) is 5.58. The topological polar surface area (TPSA) is 102 Å². The zero-order chi connectivity index (χ0) is 24.7. The number of carbonyl (C=O) groups excluding carboxylic acids is 1. The minimum absolute atomic E-state index is 0.106. The van der Waals surface area contributed by atoms with E-state index >= 15 is 0 Å². The third-order valence-corrected chi connectivity index (χ3v) is 7.96. The fourth-order valence-electron chi connectivity index (χ4n) is 4.37. The van der Waals surface area contributed by atoms with Crippen LogP contribution in [-0.2, 0) is 11.0 Å². The average Bonchev–Trinajstić information content (AvgIpc) is 2.94. The predicted octanol–water partition coefficient (Wildman–Crippen LogP) is 3.37. The lowest BCUT2D eigenvalue weighted by molar-refractivity contribution is 0.0994. The van der Waals surface area contributed by atoms with Crippen molar-refractivity contribution in [3.05, 3.63) is 59.8 Å². The molecule has 2 N–H and O–H groups in total. The minimum atomic E-state index is -1.26. The number of hydrogen-bond donors (Lipinski definition) is 2. The smallest absolute Gasteiger partial charge is 0.260 e. The summed E-state index contributed by atoms with van der Waals surface area (Å²) in [5.41, 5.74) is 3.80. The Morgan fingerprint density at radius 1 is 1.03 bits per heavy atom. The Hall–Kier alpha value is -3.34. The molecule has 0 saturated carbocycles. The van der Waals surface area contributed by atoms with Crippen molar-refractivity contribution in [1.29, 1.82) is 0 Å². The number of nitrogens with one attached hydrogen (secondary N) is 1. The van der Waals surface area contributed by atoms with Crippen molar-refractivity contribution in [1.82, 2.24) is 14.3 Å². The molecule has 5 rings (SSSR count). The number of benzene rings is 2. The van der Waals surface area contributed by atoms with Crippen LogP contribution in [0.4, 0.5) is 28.8 Å². The highest BCUT2D eigenvalue weighted by Gasteiger charge is 2.29. The van der Waals surface area contributed by atoms with Crippen molar-refractivity contribution in [3.63, 3.8) is 0 Å². The number of aliphatic hydroxyl groups excluding tert-OH is 1. The van der Waals surface area contributed by atoms with E-state index in [-0.39, 0.29) is 12.0 Å². The van der Waals surface area contributed by atoms with Gasteiger partial charge in [-0.1, -0.05) is 11.6 Å². The highest BCUT2D eigenvalue weighted by Crippen LogP contribution is 2.38. The Bertz CT molecular complexity index is 1290. The van der Waals surface area contributed by atoms with Gasteiger partial charge in [-0.2, -0.15) is 4.98 Å². The lowest BCUT2D eigenvalue weighted by Gasteiger charge is -2.28.